The van der Waals surface area contributed by atoms with Crippen molar-refractivity contribution in [2.45, 2.75) is 12.8 Å². The molecular weight excluding hydrogens is 233 g/mol. The molecule has 1 fully saturated rings. The van der Waals surface area contributed by atoms with Gasteiger partial charge >= 0.3 is 0 Å². The molecule has 0 atom stereocenters. The van der Waals surface area contributed by atoms with Gasteiger partial charge in [0.05, 0.1) is 0 Å². The lowest BCUT2D eigenvalue weighted by Gasteiger charge is -2.20. The molecule has 0 unspecified atom stereocenters. The highest BCUT2D eigenvalue weighted by atomic mass is 19.1. The molecule has 0 radical (unpaired) electrons. The molecule has 4 nitrogen and oxygen atoms in total. The predicted octanol–water partition coefficient (Wildman–Crippen LogP) is 2.66. The summed E-state index contributed by atoms with van der Waals surface area (Å²) < 4.78 is 18.3. The van der Waals surface area contributed by atoms with Crippen molar-refractivity contribution in [1.82, 2.24) is 5.16 Å². The lowest BCUT2D eigenvalue weighted by Crippen LogP contribution is -2.18. The van der Waals surface area contributed by atoms with Gasteiger partial charge < -0.3 is 15.2 Å². The summed E-state index contributed by atoms with van der Waals surface area (Å²) in [6.45, 7) is 1.90. The van der Waals surface area contributed by atoms with Crippen molar-refractivity contribution in [3.8, 4) is 11.3 Å². The molecule has 94 valence electrons. The van der Waals surface area contributed by atoms with Crippen LogP contribution in [0.3, 0.4) is 0 Å². The summed E-state index contributed by atoms with van der Waals surface area (Å²) >= 11 is 0. The average Bonchev–Trinajstić information content (AvgIpc) is 2.99. The van der Waals surface area contributed by atoms with Crippen molar-refractivity contribution in [1.29, 1.82) is 0 Å². The summed E-state index contributed by atoms with van der Waals surface area (Å²) in [4.78, 5) is 2.17. The number of nitrogens with two attached hydrogens (primary N) is 1. The Hall–Kier alpha value is -2.04. The molecular formula is C13H14FN3O. The van der Waals surface area contributed by atoms with E-state index in [0.29, 0.717) is 5.69 Å². The van der Waals surface area contributed by atoms with Gasteiger partial charge in [-0.3, -0.25) is 0 Å². The van der Waals surface area contributed by atoms with E-state index in [-0.39, 0.29) is 11.7 Å². The largest absolute Gasteiger partial charge is 0.371 e. The van der Waals surface area contributed by atoms with Crippen LogP contribution in [0.2, 0.25) is 0 Å². The summed E-state index contributed by atoms with van der Waals surface area (Å²) in [5, 5.41) is 3.90. The highest BCUT2D eigenvalue weighted by Crippen LogP contribution is 2.33. The van der Waals surface area contributed by atoms with Crippen molar-refractivity contribution in [3.63, 3.8) is 0 Å². The quantitative estimate of drug-likeness (QED) is 0.886. The maximum Gasteiger partial charge on any atom is 0.222 e. The van der Waals surface area contributed by atoms with Gasteiger partial charge in [0.15, 0.2) is 0 Å². The average molecular weight is 247 g/mol. The second kappa shape index (κ2) is 4.33. The first kappa shape index (κ1) is 11.1. The minimum absolute atomic E-state index is 0.239. The molecule has 1 aromatic carbocycles. The predicted molar refractivity (Wildman–Crippen MR) is 67.8 cm³/mol. The van der Waals surface area contributed by atoms with Crippen LogP contribution in [-0.4, -0.2) is 18.2 Å². The zero-order chi connectivity index (χ0) is 12.5. The van der Waals surface area contributed by atoms with Crippen LogP contribution in [0.1, 0.15) is 12.8 Å². The van der Waals surface area contributed by atoms with E-state index in [9.17, 15) is 4.39 Å². The summed E-state index contributed by atoms with van der Waals surface area (Å²) in [6, 6.07) is 6.36. The third-order valence-electron chi connectivity index (χ3n) is 3.21. The molecule has 0 amide bonds. The van der Waals surface area contributed by atoms with Gasteiger partial charge in [0.25, 0.3) is 0 Å². The molecule has 0 spiro atoms. The summed E-state index contributed by atoms with van der Waals surface area (Å²) in [7, 11) is 0. The summed E-state index contributed by atoms with van der Waals surface area (Å²) in [6.07, 6.45) is 2.27. The number of benzene rings is 1. The van der Waals surface area contributed by atoms with E-state index in [2.05, 4.69) is 10.1 Å². The van der Waals surface area contributed by atoms with Crippen LogP contribution in [0.15, 0.2) is 28.8 Å². The van der Waals surface area contributed by atoms with Gasteiger partial charge in [0, 0.05) is 30.4 Å². The number of halogens is 1. The first-order valence-corrected chi connectivity index (χ1v) is 6.01. The van der Waals surface area contributed by atoms with Crippen molar-refractivity contribution in [2.75, 3.05) is 23.7 Å². The molecule has 2 aromatic rings. The van der Waals surface area contributed by atoms with Gasteiger partial charge in [0.2, 0.25) is 5.88 Å². The molecule has 1 saturated heterocycles. The minimum atomic E-state index is -0.239. The second-order valence-electron chi connectivity index (χ2n) is 4.47. The molecule has 0 saturated carbocycles. The van der Waals surface area contributed by atoms with E-state index in [1.165, 1.54) is 6.07 Å². The first-order chi connectivity index (χ1) is 8.74. The molecule has 1 aliphatic heterocycles. The molecule has 1 aromatic heterocycles. The van der Waals surface area contributed by atoms with Crippen molar-refractivity contribution < 1.29 is 8.91 Å². The molecule has 0 aliphatic carbocycles. The zero-order valence-electron chi connectivity index (χ0n) is 9.90. The van der Waals surface area contributed by atoms with E-state index in [1.54, 1.807) is 18.2 Å². The van der Waals surface area contributed by atoms with E-state index >= 15 is 0 Å². The lowest BCUT2D eigenvalue weighted by molar-refractivity contribution is 0.439. The van der Waals surface area contributed by atoms with Gasteiger partial charge in [-0.2, -0.15) is 0 Å². The smallest absolute Gasteiger partial charge is 0.222 e. The molecule has 5 heteroatoms. The Bertz CT molecular complexity index is 561. The Morgan fingerprint density at radius 2 is 2.00 bits per heavy atom. The normalized spacial score (nSPS) is 15.3. The zero-order valence-corrected chi connectivity index (χ0v) is 9.90. The standard InChI is InChI=1S/C13H14FN3O/c14-9-3-4-10(11-8-13(15)18-16-11)12(7-9)17-5-1-2-6-17/h3-4,7-8H,1-2,5-6,15H2. The van der Waals surface area contributed by atoms with Crippen LogP contribution in [0.25, 0.3) is 11.3 Å². The van der Waals surface area contributed by atoms with E-state index in [1.807, 2.05) is 0 Å². The number of nitrogen functional groups attached to an aromatic ring is 1. The van der Waals surface area contributed by atoms with Crippen molar-refractivity contribution in [2.24, 2.45) is 0 Å². The van der Waals surface area contributed by atoms with Crippen molar-refractivity contribution >= 4 is 11.6 Å². The van der Waals surface area contributed by atoms with Crippen LogP contribution in [-0.2, 0) is 0 Å². The van der Waals surface area contributed by atoms with Crippen LogP contribution in [0.5, 0.6) is 0 Å². The molecule has 2 N–H and O–H groups in total. The third kappa shape index (κ3) is 1.92. The van der Waals surface area contributed by atoms with Gasteiger partial charge in [-0.1, -0.05) is 5.16 Å². The van der Waals surface area contributed by atoms with Gasteiger partial charge in [-0.05, 0) is 31.0 Å². The fourth-order valence-electron chi connectivity index (χ4n) is 2.36. The van der Waals surface area contributed by atoms with Gasteiger partial charge in [0.1, 0.15) is 11.5 Å². The molecule has 2 heterocycles. The Kier molecular flexibility index (Phi) is 2.66. The minimum Gasteiger partial charge on any atom is -0.371 e. The Balaban J connectivity index is 2.07. The van der Waals surface area contributed by atoms with Crippen molar-refractivity contribution in [3.05, 3.63) is 30.1 Å². The monoisotopic (exact) mass is 247 g/mol. The number of anilines is 2. The molecule has 0 bridgehead atoms. The molecule has 3 rings (SSSR count). The van der Waals surface area contributed by atoms with E-state index in [4.69, 9.17) is 10.3 Å². The number of aromatic nitrogens is 1. The summed E-state index contributed by atoms with van der Waals surface area (Å²) in [5.41, 5.74) is 7.90. The number of hydrogen-bond donors (Lipinski definition) is 1. The van der Waals surface area contributed by atoms with Gasteiger partial charge in [-0.15, -0.1) is 0 Å². The van der Waals surface area contributed by atoms with Crippen LogP contribution in [0, 0.1) is 5.82 Å². The van der Waals surface area contributed by atoms with Crippen LogP contribution >= 0.6 is 0 Å². The topological polar surface area (TPSA) is 55.3 Å². The fraction of sp³-hybridized carbons (Fsp3) is 0.308. The maximum absolute atomic E-state index is 13.4. The van der Waals surface area contributed by atoms with Crippen LogP contribution < -0.4 is 10.6 Å². The Morgan fingerprint density at radius 1 is 1.22 bits per heavy atom. The molecule has 18 heavy (non-hydrogen) atoms. The number of rotatable bonds is 2. The van der Waals surface area contributed by atoms with Gasteiger partial charge in [-0.25, -0.2) is 4.39 Å². The Labute approximate surface area is 104 Å². The first-order valence-electron chi connectivity index (χ1n) is 6.01. The highest BCUT2D eigenvalue weighted by Gasteiger charge is 2.19. The second-order valence-corrected chi connectivity index (χ2v) is 4.47. The Morgan fingerprint density at radius 3 is 2.67 bits per heavy atom. The number of hydrogen-bond acceptors (Lipinski definition) is 4. The van der Waals surface area contributed by atoms with E-state index < -0.39 is 0 Å². The summed E-state index contributed by atoms with van der Waals surface area (Å²) in [5.74, 6) is 0.0267. The molecule has 1 aliphatic rings. The third-order valence-corrected chi connectivity index (χ3v) is 3.21. The lowest BCUT2D eigenvalue weighted by atomic mass is 10.1. The fourth-order valence-corrected chi connectivity index (χ4v) is 2.36. The highest BCUT2D eigenvalue weighted by molar-refractivity contribution is 5.77. The van der Waals surface area contributed by atoms with E-state index in [0.717, 1.165) is 37.2 Å². The maximum atomic E-state index is 13.4. The number of nitrogens with zero attached hydrogens (tertiary/aromatic N) is 2. The van der Waals surface area contributed by atoms with Crippen LogP contribution in [0.4, 0.5) is 16.0 Å². The SMILES string of the molecule is Nc1cc(-c2ccc(F)cc2N2CCCC2)no1.